The van der Waals surface area contributed by atoms with E-state index in [0.717, 1.165) is 11.3 Å². The third kappa shape index (κ3) is 3.57. The summed E-state index contributed by atoms with van der Waals surface area (Å²) < 4.78 is 5.62. The number of benzene rings is 1. The third-order valence-electron chi connectivity index (χ3n) is 2.39. The normalized spacial score (nSPS) is 12.0. The second-order valence-electron chi connectivity index (χ2n) is 4.32. The fraction of sp³-hybridized carbons (Fsp3) is 0.429. The molecule has 88 valence electrons. The molecule has 1 aromatic rings. The predicted octanol–water partition coefficient (Wildman–Crippen LogP) is 4.80. The summed E-state index contributed by atoms with van der Waals surface area (Å²) in [5.74, 6) is 1.27. The van der Waals surface area contributed by atoms with E-state index in [-0.39, 0.29) is 0 Å². The molecule has 1 rings (SSSR count). The third-order valence-corrected chi connectivity index (χ3v) is 2.69. The molecule has 0 aromatic heterocycles. The number of rotatable bonds is 4. The summed E-state index contributed by atoms with van der Waals surface area (Å²) in [6, 6.07) is 5.93. The minimum atomic E-state index is 0.507. The van der Waals surface area contributed by atoms with Crippen LogP contribution in [-0.4, -0.2) is 6.61 Å². The Bertz CT molecular complexity index is 380. The second kappa shape index (κ2) is 5.95. The molecule has 16 heavy (non-hydrogen) atoms. The molecule has 2 heteroatoms. The van der Waals surface area contributed by atoms with Crippen LogP contribution in [0.4, 0.5) is 0 Å². The predicted molar refractivity (Wildman–Crippen MR) is 71.1 cm³/mol. The van der Waals surface area contributed by atoms with E-state index in [1.807, 2.05) is 25.1 Å². The Morgan fingerprint density at radius 1 is 1.44 bits per heavy atom. The molecule has 0 radical (unpaired) electrons. The molecule has 0 heterocycles. The SMILES string of the molecule is CC=C(C)c1ccc(OCC(C)C)c(Cl)c1. The molecule has 0 aliphatic heterocycles. The summed E-state index contributed by atoms with van der Waals surface area (Å²) in [5, 5.41) is 0.680. The van der Waals surface area contributed by atoms with E-state index in [0.29, 0.717) is 17.5 Å². The minimum Gasteiger partial charge on any atom is -0.492 e. The maximum absolute atomic E-state index is 6.16. The first-order valence-corrected chi connectivity index (χ1v) is 5.98. The van der Waals surface area contributed by atoms with Crippen molar-refractivity contribution in [1.29, 1.82) is 0 Å². The minimum absolute atomic E-state index is 0.507. The Labute approximate surface area is 103 Å². The van der Waals surface area contributed by atoms with E-state index in [4.69, 9.17) is 16.3 Å². The largest absolute Gasteiger partial charge is 0.492 e. The molecule has 0 saturated carbocycles. The smallest absolute Gasteiger partial charge is 0.137 e. The van der Waals surface area contributed by atoms with Crippen molar-refractivity contribution >= 4 is 17.2 Å². The summed E-state index contributed by atoms with van der Waals surface area (Å²) in [6.45, 7) is 9.02. The second-order valence-corrected chi connectivity index (χ2v) is 4.73. The zero-order valence-electron chi connectivity index (χ0n) is 10.4. The quantitative estimate of drug-likeness (QED) is 0.732. The van der Waals surface area contributed by atoms with E-state index in [9.17, 15) is 0 Å². The van der Waals surface area contributed by atoms with Crippen molar-refractivity contribution in [2.75, 3.05) is 6.61 Å². The molecule has 0 atom stereocenters. The lowest BCUT2D eigenvalue weighted by atomic mass is 10.1. The molecule has 0 N–H and O–H groups in total. The van der Waals surface area contributed by atoms with Gasteiger partial charge >= 0.3 is 0 Å². The first kappa shape index (κ1) is 13.1. The average Bonchev–Trinajstić information content (AvgIpc) is 2.26. The van der Waals surface area contributed by atoms with E-state index in [1.165, 1.54) is 5.57 Å². The summed E-state index contributed by atoms with van der Waals surface area (Å²) in [4.78, 5) is 0. The number of hydrogen-bond acceptors (Lipinski definition) is 1. The van der Waals surface area contributed by atoms with Crippen LogP contribution in [0.3, 0.4) is 0 Å². The Hall–Kier alpha value is -0.950. The van der Waals surface area contributed by atoms with Gasteiger partial charge in [-0.2, -0.15) is 0 Å². The molecule has 0 amide bonds. The number of hydrogen-bond donors (Lipinski definition) is 0. The van der Waals surface area contributed by atoms with Gasteiger partial charge in [0.05, 0.1) is 11.6 Å². The molecular formula is C14H19ClO. The van der Waals surface area contributed by atoms with Crippen LogP contribution in [-0.2, 0) is 0 Å². The Balaban J connectivity index is 2.83. The Morgan fingerprint density at radius 3 is 2.62 bits per heavy atom. The van der Waals surface area contributed by atoms with Crippen LogP contribution in [0, 0.1) is 5.92 Å². The van der Waals surface area contributed by atoms with Crippen LogP contribution in [0.2, 0.25) is 5.02 Å². The average molecular weight is 239 g/mol. The number of ether oxygens (including phenoxy) is 1. The van der Waals surface area contributed by atoms with Gasteiger partial charge in [-0.3, -0.25) is 0 Å². The van der Waals surface area contributed by atoms with Crippen molar-refractivity contribution in [3.05, 3.63) is 34.9 Å². The van der Waals surface area contributed by atoms with Crippen LogP contribution < -0.4 is 4.74 Å². The maximum atomic E-state index is 6.16. The molecule has 1 aromatic carbocycles. The van der Waals surface area contributed by atoms with Crippen LogP contribution in [0.5, 0.6) is 5.75 Å². The van der Waals surface area contributed by atoms with Crippen molar-refractivity contribution in [3.8, 4) is 5.75 Å². The van der Waals surface area contributed by atoms with Crippen LogP contribution in [0.1, 0.15) is 33.3 Å². The van der Waals surface area contributed by atoms with Gasteiger partial charge in [-0.15, -0.1) is 0 Å². The Kier molecular flexibility index (Phi) is 4.88. The lowest BCUT2D eigenvalue weighted by Gasteiger charge is -2.11. The highest BCUT2D eigenvalue weighted by molar-refractivity contribution is 6.32. The van der Waals surface area contributed by atoms with Crippen LogP contribution >= 0.6 is 11.6 Å². The topological polar surface area (TPSA) is 9.23 Å². The summed E-state index contributed by atoms with van der Waals surface area (Å²) in [5.41, 5.74) is 2.36. The molecular weight excluding hydrogens is 220 g/mol. The molecule has 0 saturated heterocycles. The molecule has 0 bridgehead atoms. The lowest BCUT2D eigenvalue weighted by molar-refractivity contribution is 0.271. The fourth-order valence-corrected chi connectivity index (χ4v) is 1.52. The van der Waals surface area contributed by atoms with Gasteiger partial charge in [-0.1, -0.05) is 37.6 Å². The first-order valence-electron chi connectivity index (χ1n) is 5.60. The molecule has 0 aliphatic rings. The van der Waals surface area contributed by atoms with Crippen molar-refractivity contribution in [1.82, 2.24) is 0 Å². The van der Waals surface area contributed by atoms with Crippen molar-refractivity contribution in [2.24, 2.45) is 5.92 Å². The zero-order valence-corrected chi connectivity index (χ0v) is 11.1. The standard InChI is InChI=1S/C14H19ClO/c1-5-11(4)12-6-7-14(13(15)8-12)16-9-10(2)3/h5-8,10H,9H2,1-4H3. The zero-order chi connectivity index (χ0) is 12.1. The highest BCUT2D eigenvalue weighted by Crippen LogP contribution is 2.28. The highest BCUT2D eigenvalue weighted by atomic mass is 35.5. The van der Waals surface area contributed by atoms with Gasteiger partial charge in [0, 0.05) is 0 Å². The Morgan fingerprint density at radius 2 is 2.12 bits per heavy atom. The van der Waals surface area contributed by atoms with E-state index >= 15 is 0 Å². The molecule has 0 aliphatic carbocycles. The van der Waals surface area contributed by atoms with Gasteiger partial charge in [-0.25, -0.2) is 0 Å². The van der Waals surface area contributed by atoms with Gasteiger partial charge in [0.1, 0.15) is 5.75 Å². The van der Waals surface area contributed by atoms with Crippen molar-refractivity contribution in [3.63, 3.8) is 0 Å². The van der Waals surface area contributed by atoms with E-state index < -0.39 is 0 Å². The molecule has 0 fully saturated rings. The van der Waals surface area contributed by atoms with E-state index in [2.05, 4.69) is 26.8 Å². The van der Waals surface area contributed by atoms with Crippen molar-refractivity contribution < 1.29 is 4.74 Å². The van der Waals surface area contributed by atoms with E-state index in [1.54, 1.807) is 0 Å². The molecule has 0 spiro atoms. The van der Waals surface area contributed by atoms with Crippen molar-refractivity contribution in [2.45, 2.75) is 27.7 Å². The highest BCUT2D eigenvalue weighted by Gasteiger charge is 2.04. The van der Waals surface area contributed by atoms with Gasteiger partial charge in [0.15, 0.2) is 0 Å². The van der Waals surface area contributed by atoms with Crippen LogP contribution in [0.15, 0.2) is 24.3 Å². The monoisotopic (exact) mass is 238 g/mol. The first-order chi connectivity index (χ1) is 7.54. The van der Waals surface area contributed by atoms with Gasteiger partial charge < -0.3 is 4.74 Å². The maximum Gasteiger partial charge on any atom is 0.137 e. The van der Waals surface area contributed by atoms with Gasteiger partial charge in [0.2, 0.25) is 0 Å². The summed E-state index contributed by atoms with van der Waals surface area (Å²) >= 11 is 6.16. The number of allylic oxidation sites excluding steroid dienone is 2. The molecule has 0 unspecified atom stereocenters. The lowest BCUT2D eigenvalue weighted by Crippen LogP contribution is -2.04. The summed E-state index contributed by atoms with van der Waals surface area (Å²) in [6.07, 6.45) is 2.07. The fourth-order valence-electron chi connectivity index (χ4n) is 1.29. The molecule has 1 nitrogen and oxygen atoms in total. The number of halogens is 1. The van der Waals surface area contributed by atoms with Gasteiger partial charge in [0.25, 0.3) is 0 Å². The van der Waals surface area contributed by atoms with Gasteiger partial charge in [-0.05, 0) is 43.0 Å². The van der Waals surface area contributed by atoms with Crippen LogP contribution in [0.25, 0.3) is 5.57 Å². The summed E-state index contributed by atoms with van der Waals surface area (Å²) in [7, 11) is 0.